The van der Waals surface area contributed by atoms with E-state index in [4.69, 9.17) is 17.3 Å². The van der Waals surface area contributed by atoms with E-state index in [9.17, 15) is 13.2 Å². The summed E-state index contributed by atoms with van der Waals surface area (Å²) in [5, 5.41) is 2.72. The van der Waals surface area contributed by atoms with Crippen LogP contribution >= 0.6 is 11.6 Å². The highest BCUT2D eigenvalue weighted by Crippen LogP contribution is 2.34. The minimum Gasteiger partial charge on any atom is -0.384 e. The predicted molar refractivity (Wildman–Crippen MR) is 66.2 cm³/mol. The fourth-order valence-corrected chi connectivity index (χ4v) is 1.52. The van der Waals surface area contributed by atoms with Crippen LogP contribution < -0.4 is 11.1 Å². The number of halogens is 4. The van der Waals surface area contributed by atoms with Gasteiger partial charge in [0.15, 0.2) is 0 Å². The number of nitrogen functional groups attached to an aromatic ring is 1. The summed E-state index contributed by atoms with van der Waals surface area (Å²) in [6.45, 7) is 0. The average molecular weight is 289 g/mol. The van der Waals surface area contributed by atoms with Gasteiger partial charge in [-0.1, -0.05) is 11.6 Å². The zero-order valence-electron chi connectivity index (χ0n) is 9.37. The average Bonchev–Trinajstić information content (AvgIpc) is 2.30. The van der Waals surface area contributed by atoms with Crippen LogP contribution in [0.5, 0.6) is 0 Å². The Labute approximate surface area is 111 Å². The standard InChI is InChI=1S/C11H8ClF3N4/c12-7-2-1-6(11(13,14)15)5-8(7)18-10-17-4-3-9(16)19-10/h1-5H,(H3,16,17,18,19). The summed E-state index contributed by atoms with van der Waals surface area (Å²) in [6.07, 6.45) is -3.07. The molecule has 3 N–H and O–H groups in total. The first-order valence-corrected chi connectivity index (χ1v) is 5.46. The van der Waals surface area contributed by atoms with Crippen LogP contribution in [0, 0.1) is 0 Å². The molecule has 4 nitrogen and oxygen atoms in total. The van der Waals surface area contributed by atoms with Gasteiger partial charge < -0.3 is 11.1 Å². The third-order valence-corrected chi connectivity index (χ3v) is 2.55. The summed E-state index contributed by atoms with van der Waals surface area (Å²) in [4.78, 5) is 7.64. The maximum absolute atomic E-state index is 12.6. The molecule has 0 amide bonds. The lowest BCUT2D eigenvalue weighted by Gasteiger charge is -2.11. The van der Waals surface area contributed by atoms with Gasteiger partial charge in [-0.25, -0.2) is 4.98 Å². The predicted octanol–water partition coefficient (Wildman–Crippen LogP) is 3.47. The smallest absolute Gasteiger partial charge is 0.384 e. The number of alkyl halides is 3. The van der Waals surface area contributed by atoms with Crippen LogP contribution in [0.3, 0.4) is 0 Å². The van der Waals surface area contributed by atoms with E-state index in [1.807, 2.05) is 0 Å². The highest BCUT2D eigenvalue weighted by molar-refractivity contribution is 6.33. The molecule has 0 aliphatic heterocycles. The molecule has 1 aromatic heterocycles. The molecule has 0 atom stereocenters. The topological polar surface area (TPSA) is 63.8 Å². The first-order valence-electron chi connectivity index (χ1n) is 5.08. The number of benzene rings is 1. The largest absolute Gasteiger partial charge is 0.416 e. The lowest BCUT2D eigenvalue weighted by atomic mass is 10.2. The lowest BCUT2D eigenvalue weighted by molar-refractivity contribution is -0.137. The molecule has 0 saturated heterocycles. The second-order valence-electron chi connectivity index (χ2n) is 3.62. The number of hydrogen-bond acceptors (Lipinski definition) is 4. The Morgan fingerprint density at radius 3 is 2.58 bits per heavy atom. The van der Waals surface area contributed by atoms with Gasteiger partial charge in [0.1, 0.15) is 5.82 Å². The zero-order valence-corrected chi connectivity index (χ0v) is 10.1. The van der Waals surface area contributed by atoms with Crippen molar-refractivity contribution in [2.75, 3.05) is 11.1 Å². The highest BCUT2D eigenvalue weighted by atomic mass is 35.5. The summed E-state index contributed by atoms with van der Waals surface area (Å²) >= 11 is 5.82. The normalized spacial score (nSPS) is 11.4. The van der Waals surface area contributed by atoms with E-state index in [-0.39, 0.29) is 22.5 Å². The first kappa shape index (κ1) is 13.4. The summed E-state index contributed by atoms with van der Waals surface area (Å²) in [5.74, 6) is 0.266. The Hall–Kier alpha value is -2.02. The molecular formula is C11H8ClF3N4. The number of nitrogens with two attached hydrogens (primary N) is 1. The Morgan fingerprint density at radius 2 is 1.95 bits per heavy atom. The van der Waals surface area contributed by atoms with Crippen molar-refractivity contribution < 1.29 is 13.2 Å². The molecule has 8 heteroatoms. The lowest BCUT2D eigenvalue weighted by Crippen LogP contribution is -2.06. The summed E-state index contributed by atoms with van der Waals surface area (Å²) in [5.41, 5.74) is 4.69. The Kier molecular flexibility index (Phi) is 3.48. The quantitative estimate of drug-likeness (QED) is 0.888. The van der Waals surface area contributed by atoms with E-state index in [1.165, 1.54) is 12.3 Å². The molecule has 0 unspecified atom stereocenters. The van der Waals surface area contributed by atoms with E-state index in [2.05, 4.69) is 15.3 Å². The second kappa shape index (κ2) is 4.93. The Morgan fingerprint density at radius 1 is 1.21 bits per heavy atom. The number of rotatable bonds is 2. The maximum Gasteiger partial charge on any atom is 0.416 e. The number of nitrogens with zero attached hydrogens (tertiary/aromatic N) is 2. The fraction of sp³-hybridized carbons (Fsp3) is 0.0909. The molecule has 100 valence electrons. The number of aromatic nitrogens is 2. The van der Waals surface area contributed by atoms with Crippen LogP contribution in [0.1, 0.15) is 5.56 Å². The van der Waals surface area contributed by atoms with Crippen LogP contribution in [0.15, 0.2) is 30.5 Å². The van der Waals surface area contributed by atoms with Crippen molar-refractivity contribution in [2.45, 2.75) is 6.18 Å². The monoisotopic (exact) mass is 288 g/mol. The van der Waals surface area contributed by atoms with Gasteiger partial charge in [0.25, 0.3) is 0 Å². The Balaban J connectivity index is 2.34. The molecule has 1 aromatic carbocycles. The highest BCUT2D eigenvalue weighted by Gasteiger charge is 2.31. The van der Waals surface area contributed by atoms with Crippen LogP contribution in [-0.2, 0) is 6.18 Å². The van der Waals surface area contributed by atoms with Crippen molar-refractivity contribution in [2.24, 2.45) is 0 Å². The van der Waals surface area contributed by atoms with Gasteiger partial charge in [-0.2, -0.15) is 18.2 Å². The molecule has 0 bridgehead atoms. The minimum absolute atomic E-state index is 0.0575. The molecule has 1 heterocycles. The van der Waals surface area contributed by atoms with Crippen molar-refractivity contribution in [3.05, 3.63) is 41.0 Å². The van der Waals surface area contributed by atoms with Crippen molar-refractivity contribution >= 4 is 29.1 Å². The fourth-order valence-electron chi connectivity index (χ4n) is 1.35. The van der Waals surface area contributed by atoms with Crippen LogP contribution in [0.2, 0.25) is 5.02 Å². The molecular weight excluding hydrogens is 281 g/mol. The number of hydrogen-bond donors (Lipinski definition) is 2. The molecule has 0 saturated carbocycles. The molecule has 0 aliphatic rings. The van der Waals surface area contributed by atoms with E-state index in [0.717, 1.165) is 18.2 Å². The van der Waals surface area contributed by atoms with Gasteiger partial charge in [-0.05, 0) is 24.3 Å². The van der Waals surface area contributed by atoms with E-state index >= 15 is 0 Å². The van der Waals surface area contributed by atoms with Gasteiger partial charge in [-0.3, -0.25) is 0 Å². The molecule has 0 radical (unpaired) electrons. The van der Waals surface area contributed by atoms with Crippen molar-refractivity contribution in [3.63, 3.8) is 0 Å². The van der Waals surface area contributed by atoms with Gasteiger partial charge in [-0.15, -0.1) is 0 Å². The molecule has 0 fully saturated rings. The van der Waals surface area contributed by atoms with E-state index in [1.54, 1.807) is 0 Å². The third kappa shape index (κ3) is 3.25. The van der Waals surface area contributed by atoms with Gasteiger partial charge in [0.2, 0.25) is 5.95 Å². The Bertz CT molecular complexity index is 601. The molecule has 2 rings (SSSR count). The molecule has 19 heavy (non-hydrogen) atoms. The van der Waals surface area contributed by atoms with Crippen LogP contribution in [0.4, 0.5) is 30.6 Å². The van der Waals surface area contributed by atoms with Crippen LogP contribution in [0.25, 0.3) is 0 Å². The minimum atomic E-state index is -4.45. The molecule has 0 aliphatic carbocycles. The van der Waals surface area contributed by atoms with Crippen molar-refractivity contribution in [1.29, 1.82) is 0 Å². The zero-order chi connectivity index (χ0) is 14.0. The second-order valence-corrected chi connectivity index (χ2v) is 4.03. The van der Waals surface area contributed by atoms with E-state index < -0.39 is 11.7 Å². The maximum atomic E-state index is 12.6. The summed E-state index contributed by atoms with van der Waals surface area (Å²) < 4.78 is 37.7. The number of anilines is 3. The van der Waals surface area contributed by atoms with Gasteiger partial charge >= 0.3 is 6.18 Å². The molecule has 2 aromatic rings. The molecule has 0 spiro atoms. The SMILES string of the molecule is Nc1ccnc(Nc2cc(C(F)(F)F)ccc2Cl)n1. The first-order chi connectivity index (χ1) is 8.86. The van der Waals surface area contributed by atoms with Gasteiger partial charge in [0, 0.05) is 6.20 Å². The summed E-state index contributed by atoms with van der Waals surface area (Å²) in [7, 11) is 0. The third-order valence-electron chi connectivity index (χ3n) is 2.22. The van der Waals surface area contributed by atoms with E-state index in [0.29, 0.717) is 0 Å². The van der Waals surface area contributed by atoms with Crippen molar-refractivity contribution in [1.82, 2.24) is 9.97 Å². The van der Waals surface area contributed by atoms with Gasteiger partial charge in [0.05, 0.1) is 16.3 Å². The number of nitrogens with one attached hydrogen (secondary N) is 1. The summed E-state index contributed by atoms with van der Waals surface area (Å²) in [6, 6.07) is 4.39. The van der Waals surface area contributed by atoms with Crippen LogP contribution in [-0.4, -0.2) is 9.97 Å². The van der Waals surface area contributed by atoms with Crippen molar-refractivity contribution in [3.8, 4) is 0 Å².